The zero-order valence-corrected chi connectivity index (χ0v) is 63.5. The molecular formula is C69H126N12O13S. The second kappa shape index (κ2) is 40.1. The smallest absolute Gasteiger partial charge is 0.246 e. The van der Waals surface area contributed by atoms with Crippen LogP contribution < -0.4 is 21.3 Å². The molecule has 13 atom stereocenters. The third-order valence-electron chi connectivity index (χ3n) is 17.9. The van der Waals surface area contributed by atoms with E-state index in [0.29, 0.717) is 18.6 Å². The SMILES string of the molecule is C/C=C/C[C@@H](C)[C@@H](O)[C@H]1C(=O)N[C@H](CC)C(=O)N(C)[C@H](CSCCCN(C)C)C(=O)N(C)[C@@H](CC(C)(C)O)C(=O)N[C@H](C(C)C)C(=O)N(C)[C@H](CCC(C)C)C(=O)N[C@H](C)C(=O)N[C@@H](C)C(=O)N(C)[C@@H](CC(C)C)C(=O)N(C)[C@H](CC(C)C)C(=O)N(C)[C@H](C(C)C)C(=O)N1C. The molecule has 0 aliphatic carbocycles. The number of thioether (sulfide) groups is 1. The first-order chi connectivity index (χ1) is 43.8. The fraction of sp³-hybridized carbons (Fsp3) is 0.812. The third kappa shape index (κ3) is 26.2. The van der Waals surface area contributed by atoms with Crippen molar-refractivity contribution in [2.24, 2.45) is 35.5 Å². The van der Waals surface area contributed by atoms with Crippen LogP contribution in [0.2, 0.25) is 0 Å². The molecule has 0 spiro atoms. The number of rotatable bonds is 22. The first-order valence-electron chi connectivity index (χ1n) is 34.1. The Morgan fingerprint density at radius 3 is 1.47 bits per heavy atom. The summed E-state index contributed by atoms with van der Waals surface area (Å²) >= 11 is 1.39. The van der Waals surface area contributed by atoms with E-state index in [2.05, 4.69) is 21.3 Å². The van der Waals surface area contributed by atoms with Crippen molar-refractivity contribution in [3.05, 3.63) is 12.2 Å². The van der Waals surface area contributed by atoms with Crippen molar-refractivity contribution in [3.8, 4) is 0 Å². The highest BCUT2D eigenvalue weighted by Gasteiger charge is 2.47. The van der Waals surface area contributed by atoms with E-state index < -0.39 is 161 Å². The molecule has 0 saturated carbocycles. The molecule has 0 aromatic carbocycles. The Kier molecular flexibility index (Phi) is 36.8. The lowest BCUT2D eigenvalue weighted by atomic mass is 9.91. The van der Waals surface area contributed by atoms with Gasteiger partial charge in [-0.2, -0.15) is 11.8 Å². The molecule has 1 rings (SSSR count). The largest absolute Gasteiger partial charge is 0.390 e. The quantitative estimate of drug-likeness (QED) is 0.0663. The van der Waals surface area contributed by atoms with E-state index >= 15 is 28.8 Å². The van der Waals surface area contributed by atoms with Gasteiger partial charge in [0.15, 0.2) is 0 Å². The van der Waals surface area contributed by atoms with Crippen molar-refractivity contribution in [2.45, 2.75) is 247 Å². The lowest BCUT2D eigenvalue weighted by Crippen LogP contribution is -2.64. The van der Waals surface area contributed by atoms with Crippen molar-refractivity contribution in [2.75, 3.05) is 81.5 Å². The molecule has 1 aliphatic heterocycles. The molecule has 11 amide bonds. The number of allylic oxidation sites excluding steroid dienone is 2. The molecule has 0 aromatic heterocycles. The minimum atomic E-state index is -1.66. The highest BCUT2D eigenvalue weighted by molar-refractivity contribution is 7.99. The van der Waals surface area contributed by atoms with Crippen molar-refractivity contribution >= 4 is 76.7 Å². The highest BCUT2D eigenvalue weighted by atomic mass is 32.2. The molecule has 546 valence electrons. The average molecular weight is 1360 g/mol. The molecule has 0 radical (unpaired) electrons. The Labute approximate surface area is 574 Å². The van der Waals surface area contributed by atoms with Crippen molar-refractivity contribution < 1.29 is 63.0 Å². The molecule has 6 N–H and O–H groups in total. The van der Waals surface area contributed by atoms with Crippen molar-refractivity contribution in [1.29, 1.82) is 0 Å². The van der Waals surface area contributed by atoms with Crippen LogP contribution in [0.3, 0.4) is 0 Å². The first kappa shape index (κ1) is 87.2. The summed E-state index contributed by atoms with van der Waals surface area (Å²) in [6.07, 6.45) is 3.58. The number of carbonyl (C=O) groups is 11. The minimum Gasteiger partial charge on any atom is -0.390 e. The van der Waals surface area contributed by atoms with Crippen LogP contribution in [-0.4, -0.2) is 274 Å². The normalized spacial score (nSPS) is 26.3. The van der Waals surface area contributed by atoms with Gasteiger partial charge in [-0.05, 0) is 141 Å². The summed E-state index contributed by atoms with van der Waals surface area (Å²) in [5.74, 6) is -9.39. The standard InChI is InChI=1S/C69H126N12O13S/c1-27-29-31-45(13)57(82)56-61(86)72-48(28-2)63(88)79(24)53(39-95-35-30-34-74(18)19)66(91)78(23)52(38-69(16,17)94)60(85)73-54(43(9)10)67(92)75(20)49(33-32-40(3)4)59(84)70-46(14)58(83)71-47(15)62(87)76(21)50(36-41(5)6)64(89)77(22)51(37-42(7)8)65(90)80(25)55(44(11)12)68(93)81(56)26/h27,29,40-57,82,94H,28,30-39H2,1-26H3,(H,70,84)(H,71,83)(H,72,86)(H,73,85)/b29-27+/t45-,46-,47+,48-,49-,50+,51-,52+,53-,54-,55-,56+,57-/m1/s1. The molecule has 25 nitrogen and oxygen atoms in total. The van der Waals surface area contributed by atoms with Crippen LogP contribution >= 0.6 is 11.8 Å². The fourth-order valence-corrected chi connectivity index (χ4v) is 12.8. The zero-order chi connectivity index (χ0) is 73.6. The summed E-state index contributed by atoms with van der Waals surface area (Å²) in [6.45, 7) is 29.9. The molecule has 0 aromatic rings. The van der Waals surface area contributed by atoms with Crippen LogP contribution in [0.15, 0.2) is 12.2 Å². The summed E-state index contributed by atoms with van der Waals surface area (Å²) in [5.41, 5.74) is -1.58. The van der Waals surface area contributed by atoms with Crippen LogP contribution in [0, 0.1) is 35.5 Å². The Morgan fingerprint density at radius 2 is 1.00 bits per heavy atom. The number of hydrogen-bond donors (Lipinski definition) is 6. The maximum Gasteiger partial charge on any atom is 0.246 e. The molecule has 1 heterocycles. The Hall–Kier alpha value is -5.86. The molecule has 26 heteroatoms. The first-order valence-corrected chi connectivity index (χ1v) is 35.3. The summed E-state index contributed by atoms with van der Waals surface area (Å²) in [5, 5.41) is 34.8. The van der Waals surface area contributed by atoms with Crippen LogP contribution in [0.1, 0.15) is 169 Å². The molecule has 0 unspecified atom stereocenters. The number of hydrogen-bond acceptors (Lipinski definition) is 15. The van der Waals surface area contributed by atoms with Crippen LogP contribution in [0.4, 0.5) is 0 Å². The van der Waals surface area contributed by atoms with Crippen molar-refractivity contribution in [1.82, 2.24) is 60.5 Å². The Balaban J connectivity index is 4.58. The second-order valence-electron chi connectivity index (χ2n) is 29.3. The maximum absolute atomic E-state index is 15.4. The van der Waals surface area contributed by atoms with E-state index in [4.69, 9.17) is 0 Å². The van der Waals surface area contributed by atoms with Gasteiger partial charge >= 0.3 is 0 Å². The van der Waals surface area contributed by atoms with Crippen LogP contribution in [0.5, 0.6) is 0 Å². The predicted molar refractivity (Wildman–Crippen MR) is 374 cm³/mol. The Bertz CT molecular complexity index is 2580. The number of nitrogens with zero attached hydrogens (tertiary/aromatic N) is 8. The lowest BCUT2D eigenvalue weighted by molar-refractivity contribution is -0.157. The van der Waals surface area contributed by atoms with E-state index in [9.17, 15) is 34.2 Å². The number of likely N-dealkylation sites (N-methyl/N-ethyl adjacent to an activating group) is 7. The molecule has 0 bridgehead atoms. The number of aliphatic hydroxyl groups excluding tert-OH is 1. The third-order valence-corrected chi connectivity index (χ3v) is 19.0. The van der Waals surface area contributed by atoms with Gasteiger partial charge in [0.25, 0.3) is 0 Å². The Morgan fingerprint density at radius 1 is 0.537 bits per heavy atom. The average Bonchev–Trinajstić information content (AvgIpc) is 0.820. The van der Waals surface area contributed by atoms with Gasteiger partial charge in [0, 0.05) is 61.5 Å². The molecule has 1 fully saturated rings. The van der Waals surface area contributed by atoms with Gasteiger partial charge in [-0.15, -0.1) is 0 Å². The number of amides is 11. The lowest BCUT2D eigenvalue weighted by Gasteiger charge is -2.41. The number of aliphatic hydroxyl groups is 2. The zero-order valence-electron chi connectivity index (χ0n) is 62.7. The van der Waals surface area contributed by atoms with Crippen LogP contribution in [0.25, 0.3) is 0 Å². The van der Waals surface area contributed by atoms with E-state index in [1.165, 1.54) is 113 Å². The van der Waals surface area contributed by atoms with Gasteiger partial charge in [-0.25, -0.2) is 0 Å². The van der Waals surface area contributed by atoms with E-state index in [1.807, 2.05) is 60.5 Å². The molecule has 95 heavy (non-hydrogen) atoms. The van der Waals surface area contributed by atoms with Gasteiger partial charge in [0.2, 0.25) is 65.0 Å². The predicted octanol–water partition coefficient (Wildman–Crippen LogP) is 3.83. The number of carbonyl (C=O) groups excluding carboxylic acids is 11. The second-order valence-corrected chi connectivity index (χ2v) is 30.4. The summed E-state index contributed by atoms with van der Waals surface area (Å²) < 4.78 is 0. The topological polar surface area (TPSA) is 302 Å². The fourth-order valence-electron chi connectivity index (χ4n) is 11.8. The highest BCUT2D eigenvalue weighted by Crippen LogP contribution is 2.27. The van der Waals surface area contributed by atoms with Gasteiger partial charge in [0.05, 0.1) is 11.7 Å². The van der Waals surface area contributed by atoms with E-state index in [1.54, 1.807) is 60.6 Å². The summed E-state index contributed by atoms with van der Waals surface area (Å²) in [7, 11) is 13.8. The van der Waals surface area contributed by atoms with Crippen LogP contribution in [-0.2, 0) is 52.7 Å². The van der Waals surface area contributed by atoms with Gasteiger partial charge in [-0.1, -0.05) is 95.2 Å². The molecule has 1 aliphatic rings. The van der Waals surface area contributed by atoms with E-state index in [0.717, 1.165) is 16.3 Å². The van der Waals surface area contributed by atoms with Gasteiger partial charge in [0.1, 0.15) is 66.5 Å². The molecular weight excluding hydrogens is 1240 g/mol. The maximum atomic E-state index is 15.4. The number of nitrogens with one attached hydrogen (secondary N) is 4. The van der Waals surface area contributed by atoms with E-state index in [-0.39, 0.29) is 62.0 Å². The summed E-state index contributed by atoms with van der Waals surface area (Å²) in [4.78, 5) is 175. The van der Waals surface area contributed by atoms with Crippen molar-refractivity contribution in [3.63, 3.8) is 0 Å². The minimum absolute atomic E-state index is 0.0244. The van der Waals surface area contributed by atoms with Gasteiger partial charge < -0.3 is 70.7 Å². The molecule has 1 saturated heterocycles. The summed E-state index contributed by atoms with van der Waals surface area (Å²) in [6, 6.07) is -14.4. The monoisotopic (exact) mass is 1360 g/mol. The van der Waals surface area contributed by atoms with Gasteiger partial charge in [-0.3, -0.25) is 52.7 Å².